The highest BCUT2D eigenvalue weighted by atomic mass is 127. The van der Waals surface area contributed by atoms with Gasteiger partial charge in [-0.05, 0) is 59.0 Å². The minimum atomic E-state index is -0.846. The Morgan fingerprint density at radius 2 is 2.05 bits per heavy atom. The number of carbonyl (C=O) groups is 1. The summed E-state index contributed by atoms with van der Waals surface area (Å²) >= 11 is 2.17. The number of hydrogen-bond acceptors (Lipinski definition) is 1. The third-order valence-corrected chi connectivity index (χ3v) is 4.34. The van der Waals surface area contributed by atoms with Crippen molar-refractivity contribution in [3.8, 4) is 0 Å². The smallest absolute Gasteiger partial charge is 0.352 e. The van der Waals surface area contributed by atoms with Crippen LogP contribution in [0.4, 0.5) is 0 Å². The predicted molar refractivity (Wildman–Crippen MR) is 81.6 cm³/mol. The highest BCUT2D eigenvalue weighted by molar-refractivity contribution is 14.1. The zero-order valence-corrected chi connectivity index (χ0v) is 12.5. The lowest BCUT2D eigenvalue weighted by atomic mass is 9.88. The Bertz CT molecular complexity index is 633. The largest absolute Gasteiger partial charge is 0.477 e. The van der Waals surface area contributed by atoms with Gasteiger partial charge in [0, 0.05) is 15.8 Å². The zero-order chi connectivity index (χ0) is 13.4. The van der Waals surface area contributed by atoms with Crippen LogP contribution in [0.2, 0.25) is 0 Å². The SMILES string of the molecule is O=C(O)c1cc(I)cn1C1CCc2ccccc2C1. The summed E-state index contributed by atoms with van der Waals surface area (Å²) in [6.45, 7) is 0. The van der Waals surface area contributed by atoms with E-state index in [-0.39, 0.29) is 6.04 Å². The summed E-state index contributed by atoms with van der Waals surface area (Å²) in [6.07, 6.45) is 4.89. The number of carboxylic acids is 1. The first-order valence-corrected chi connectivity index (χ1v) is 7.40. The Balaban J connectivity index is 1.95. The molecule has 1 heterocycles. The van der Waals surface area contributed by atoms with Crippen LogP contribution in [-0.2, 0) is 12.8 Å². The first-order valence-electron chi connectivity index (χ1n) is 6.32. The van der Waals surface area contributed by atoms with E-state index in [0.29, 0.717) is 5.69 Å². The van der Waals surface area contributed by atoms with Crippen molar-refractivity contribution in [1.29, 1.82) is 0 Å². The maximum absolute atomic E-state index is 11.3. The Morgan fingerprint density at radius 1 is 1.32 bits per heavy atom. The lowest BCUT2D eigenvalue weighted by Crippen LogP contribution is -2.21. The molecule has 1 atom stereocenters. The lowest BCUT2D eigenvalue weighted by molar-refractivity contribution is 0.0682. The molecule has 0 spiro atoms. The number of nitrogens with zero attached hydrogens (tertiary/aromatic N) is 1. The van der Waals surface area contributed by atoms with Crippen molar-refractivity contribution in [2.75, 3.05) is 0 Å². The molecule has 0 bridgehead atoms. The minimum absolute atomic E-state index is 0.254. The van der Waals surface area contributed by atoms with Gasteiger partial charge in [0.1, 0.15) is 5.69 Å². The maximum Gasteiger partial charge on any atom is 0.352 e. The summed E-state index contributed by atoms with van der Waals surface area (Å²) < 4.78 is 2.91. The molecule has 3 nitrogen and oxygen atoms in total. The fourth-order valence-corrected chi connectivity index (χ4v) is 3.43. The number of fused-ring (bicyclic) bond motifs is 1. The quantitative estimate of drug-likeness (QED) is 0.826. The predicted octanol–water partition coefficient (Wildman–Crippen LogP) is 3.52. The van der Waals surface area contributed by atoms with Crippen LogP contribution in [0.25, 0.3) is 0 Å². The summed E-state index contributed by atoms with van der Waals surface area (Å²) in [4.78, 5) is 11.3. The summed E-state index contributed by atoms with van der Waals surface area (Å²) in [5, 5.41) is 9.28. The summed E-state index contributed by atoms with van der Waals surface area (Å²) in [7, 11) is 0. The van der Waals surface area contributed by atoms with Crippen molar-refractivity contribution < 1.29 is 9.90 Å². The first kappa shape index (κ1) is 12.7. The van der Waals surface area contributed by atoms with E-state index >= 15 is 0 Å². The van der Waals surface area contributed by atoms with E-state index in [9.17, 15) is 9.90 Å². The number of aromatic carboxylic acids is 1. The van der Waals surface area contributed by atoms with E-state index in [0.717, 1.165) is 22.8 Å². The van der Waals surface area contributed by atoms with Crippen LogP contribution in [0.1, 0.15) is 34.1 Å². The fraction of sp³-hybridized carbons (Fsp3) is 0.267. The molecule has 1 aromatic heterocycles. The van der Waals surface area contributed by atoms with Gasteiger partial charge < -0.3 is 9.67 Å². The highest BCUT2D eigenvalue weighted by Crippen LogP contribution is 2.30. The number of hydrogen-bond donors (Lipinski definition) is 1. The van der Waals surface area contributed by atoms with Crippen molar-refractivity contribution in [3.05, 3.63) is 56.9 Å². The van der Waals surface area contributed by atoms with Gasteiger partial charge in [-0.3, -0.25) is 0 Å². The van der Waals surface area contributed by atoms with Crippen molar-refractivity contribution in [1.82, 2.24) is 4.57 Å². The number of rotatable bonds is 2. The van der Waals surface area contributed by atoms with E-state index in [1.165, 1.54) is 11.1 Å². The van der Waals surface area contributed by atoms with E-state index in [2.05, 4.69) is 46.9 Å². The van der Waals surface area contributed by atoms with Gasteiger partial charge in [0.05, 0.1) is 0 Å². The van der Waals surface area contributed by atoms with Crippen molar-refractivity contribution in [3.63, 3.8) is 0 Å². The molecular weight excluding hydrogens is 353 g/mol. The summed E-state index contributed by atoms with van der Waals surface area (Å²) in [6, 6.07) is 10.4. The Hall–Kier alpha value is -1.30. The van der Waals surface area contributed by atoms with Crippen LogP contribution < -0.4 is 0 Å². The molecule has 3 rings (SSSR count). The second kappa shape index (κ2) is 5.00. The van der Waals surface area contributed by atoms with Gasteiger partial charge in [-0.25, -0.2) is 4.79 Å². The number of halogens is 1. The van der Waals surface area contributed by atoms with Crippen molar-refractivity contribution in [2.24, 2.45) is 0 Å². The van der Waals surface area contributed by atoms with Crippen LogP contribution in [-0.4, -0.2) is 15.6 Å². The number of carboxylic acid groups (broad SMARTS) is 1. The molecular formula is C15H14INO2. The minimum Gasteiger partial charge on any atom is -0.477 e. The van der Waals surface area contributed by atoms with Crippen molar-refractivity contribution in [2.45, 2.75) is 25.3 Å². The zero-order valence-electron chi connectivity index (χ0n) is 10.3. The van der Waals surface area contributed by atoms with Gasteiger partial charge in [0.25, 0.3) is 0 Å². The third-order valence-electron chi connectivity index (χ3n) is 3.75. The molecule has 2 aromatic rings. The molecule has 1 aliphatic carbocycles. The Labute approximate surface area is 125 Å². The van der Waals surface area contributed by atoms with E-state index in [1.807, 2.05) is 10.8 Å². The summed E-state index contributed by atoms with van der Waals surface area (Å²) in [5.74, 6) is -0.846. The van der Waals surface area contributed by atoms with Gasteiger partial charge in [0.2, 0.25) is 0 Å². The molecule has 1 aliphatic rings. The molecule has 0 amide bonds. The van der Waals surface area contributed by atoms with Crippen LogP contribution in [0.15, 0.2) is 36.5 Å². The number of aromatic nitrogens is 1. The van der Waals surface area contributed by atoms with Crippen LogP contribution in [0, 0.1) is 3.57 Å². The molecule has 1 N–H and O–H groups in total. The molecule has 0 fully saturated rings. The summed E-state index contributed by atoms with van der Waals surface area (Å²) in [5.41, 5.74) is 3.14. The molecule has 1 unspecified atom stereocenters. The van der Waals surface area contributed by atoms with Gasteiger partial charge in [-0.15, -0.1) is 0 Å². The van der Waals surface area contributed by atoms with Crippen LogP contribution >= 0.6 is 22.6 Å². The van der Waals surface area contributed by atoms with Gasteiger partial charge in [-0.2, -0.15) is 0 Å². The third kappa shape index (κ3) is 2.41. The van der Waals surface area contributed by atoms with Crippen LogP contribution in [0.3, 0.4) is 0 Å². The standard InChI is InChI=1S/C15H14INO2/c16-12-8-14(15(18)19)17(9-12)13-6-5-10-3-1-2-4-11(10)7-13/h1-4,8-9,13H,5-7H2,(H,18,19). The van der Waals surface area contributed by atoms with Crippen molar-refractivity contribution >= 4 is 28.6 Å². The van der Waals surface area contributed by atoms with Gasteiger partial charge in [-0.1, -0.05) is 24.3 Å². The Morgan fingerprint density at radius 3 is 2.79 bits per heavy atom. The molecule has 0 saturated carbocycles. The maximum atomic E-state index is 11.3. The van der Waals surface area contributed by atoms with E-state index in [4.69, 9.17) is 0 Å². The lowest BCUT2D eigenvalue weighted by Gasteiger charge is -2.26. The van der Waals surface area contributed by atoms with E-state index in [1.54, 1.807) is 6.07 Å². The Kier molecular flexibility index (Phi) is 3.35. The molecule has 1 aromatic carbocycles. The van der Waals surface area contributed by atoms with Gasteiger partial charge >= 0.3 is 5.97 Å². The van der Waals surface area contributed by atoms with E-state index < -0.39 is 5.97 Å². The normalized spacial score (nSPS) is 18.1. The topological polar surface area (TPSA) is 42.2 Å². The molecule has 0 radical (unpaired) electrons. The molecule has 19 heavy (non-hydrogen) atoms. The number of aryl methyl sites for hydroxylation is 1. The second-order valence-corrected chi connectivity index (χ2v) is 6.17. The monoisotopic (exact) mass is 367 g/mol. The van der Waals surface area contributed by atoms with Gasteiger partial charge in [0.15, 0.2) is 0 Å². The molecule has 0 saturated heterocycles. The molecule has 4 heteroatoms. The fourth-order valence-electron chi connectivity index (χ4n) is 2.84. The second-order valence-electron chi connectivity index (χ2n) is 4.92. The number of benzene rings is 1. The average Bonchev–Trinajstić information content (AvgIpc) is 2.80. The first-order chi connectivity index (χ1) is 9.15. The average molecular weight is 367 g/mol. The molecule has 98 valence electrons. The van der Waals surface area contributed by atoms with Crippen LogP contribution in [0.5, 0.6) is 0 Å². The molecule has 0 aliphatic heterocycles. The highest BCUT2D eigenvalue weighted by Gasteiger charge is 2.23.